The standard InChI is InChI=1S/C14H16N2O4/c1-20-9-5-4-8-16-13(17)11-7-3-2-6-10(11)12(15-16)14(18)19/h2-3,6-7H,4-5,8-9H2,1H3,(H,18,19). The van der Waals surface area contributed by atoms with E-state index in [1.54, 1.807) is 31.4 Å². The molecule has 0 amide bonds. The van der Waals surface area contributed by atoms with Crippen LogP contribution in [0.5, 0.6) is 0 Å². The monoisotopic (exact) mass is 276 g/mol. The van der Waals surface area contributed by atoms with E-state index in [9.17, 15) is 14.7 Å². The molecule has 0 bridgehead atoms. The second-order valence-electron chi connectivity index (χ2n) is 4.43. The predicted octanol–water partition coefficient (Wildman–Crippen LogP) is 1.52. The smallest absolute Gasteiger partial charge is 0.357 e. The van der Waals surface area contributed by atoms with Crippen LogP contribution >= 0.6 is 0 Å². The van der Waals surface area contributed by atoms with Crippen molar-refractivity contribution in [3.8, 4) is 0 Å². The average Bonchev–Trinajstić information content (AvgIpc) is 2.45. The van der Waals surface area contributed by atoms with Crippen LogP contribution in [0.25, 0.3) is 10.8 Å². The average molecular weight is 276 g/mol. The Bertz CT molecular complexity index is 678. The number of carboxylic acid groups (broad SMARTS) is 1. The van der Waals surface area contributed by atoms with Gasteiger partial charge in [0.1, 0.15) is 0 Å². The Labute approximate surface area is 115 Å². The number of carbonyl (C=O) groups is 1. The van der Waals surface area contributed by atoms with Gasteiger partial charge in [0.05, 0.1) is 5.39 Å². The molecule has 0 radical (unpaired) electrons. The lowest BCUT2D eigenvalue weighted by atomic mass is 10.1. The molecule has 1 aromatic carbocycles. The molecule has 0 aliphatic carbocycles. The van der Waals surface area contributed by atoms with E-state index in [0.29, 0.717) is 30.3 Å². The van der Waals surface area contributed by atoms with Gasteiger partial charge >= 0.3 is 5.97 Å². The second-order valence-corrected chi connectivity index (χ2v) is 4.43. The van der Waals surface area contributed by atoms with Crippen LogP contribution in [0.2, 0.25) is 0 Å². The third kappa shape index (κ3) is 2.85. The van der Waals surface area contributed by atoms with Crippen LogP contribution < -0.4 is 5.56 Å². The van der Waals surface area contributed by atoms with Crippen molar-refractivity contribution < 1.29 is 14.6 Å². The number of benzene rings is 1. The first-order valence-electron chi connectivity index (χ1n) is 6.37. The van der Waals surface area contributed by atoms with Gasteiger partial charge in [-0.1, -0.05) is 18.2 Å². The van der Waals surface area contributed by atoms with Gasteiger partial charge < -0.3 is 9.84 Å². The Kier molecular flexibility index (Phi) is 4.47. The number of ether oxygens (including phenoxy) is 1. The summed E-state index contributed by atoms with van der Waals surface area (Å²) in [6.07, 6.45) is 1.50. The minimum Gasteiger partial charge on any atom is -0.476 e. The van der Waals surface area contributed by atoms with Gasteiger partial charge in [0.25, 0.3) is 5.56 Å². The first kappa shape index (κ1) is 14.2. The molecule has 1 N–H and O–H groups in total. The van der Waals surface area contributed by atoms with Crippen molar-refractivity contribution >= 4 is 16.7 Å². The number of carboxylic acids is 1. The van der Waals surface area contributed by atoms with E-state index in [4.69, 9.17) is 4.74 Å². The summed E-state index contributed by atoms with van der Waals surface area (Å²) < 4.78 is 6.16. The summed E-state index contributed by atoms with van der Waals surface area (Å²) in [6.45, 7) is 0.988. The van der Waals surface area contributed by atoms with E-state index < -0.39 is 5.97 Å². The molecule has 0 saturated heterocycles. The highest BCUT2D eigenvalue weighted by Gasteiger charge is 2.15. The van der Waals surface area contributed by atoms with Crippen molar-refractivity contribution in [2.45, 2.75) is 19.4 Å². The van der Waals surface area contributed by atoms with Crippen LogP contribution in [0.4, 0.5) is 0 Å². The van der Waals surface area contributed by atoms with Crippen molar-refractivity contribution in [2.75, 3.05) is 13.7 Å². The van der Waals surface area contributed by atoms with Crippen molar-refractivity contribution in [3.63, 3.8) is 0 Å². The van der Waals surface area contributed by atoms with E-state index >= 15 is 0 Å². The molecule has 6 heteroatoms. The van der Waals surface area contributed by atoms with Gasteiger partial charge in [-0.15, -0.1) is 0 Å². The van der Waals surface area contributed by atoms with E-state index in [-0.39, 0.29) is 11.3 Å². The van der Waals surface area contributed by atoms with Crippen molar-refractivity contribution in [3.05, 3.63) is 40.3 Å². The summed E-state index contributed by atoms with van der Waals surface area (Å²) in [7, 11) is 1.61. The van der Waals surface area contributed by atoms with Crippen LogP contribution in [-0.4, -0.2) is 34.6 Å². The number of methoxy groups -OCH3 is 1. The first-order valence-corrected chi connectivity index (χ1v) is 6.37. The Morgan fingerprint density at radius 1 is 1.30 bits per heavy atom. The van der Waals surface area contributed by atoms with Gasteiger partial charge in [-0.05, 0) is 18.9 Å². The van der Waals surface area contributed by atoms with Crippen LogP contribution in [0.1, 0.15) is 23.3 Å². The SMILES string of the molecule is COCCCCn1nc(C(=O)O)c2ccccc2c1=O. The number of nitrogens with zero attached hydrogens (tertiary/aromatic N) is 2. The molecule has 0 fully saturated rings. The van der Waals surface area contributed by atoms with Crippen molar-refractivity contribution in [1.29, 1.82) is 0 Å². The fourth-order valence-corrected chi connectivity index (χ4v) is 2.05. The molecule has 0 saturated carbocycles. The highest BCUT2D eigenvalue weighted by Crippen LogP contribution is 2.13. The summed E-state index contributed by atoms with van der Waals surface area (Å²) in [5.41, 5.74) is -0.352. The third-order valence-electron chi connectivity index (χ3n) is 3.04. The van der Waals surface area contributed by atoms with Gasteiger partial charge in [0.2, 0.25) is 0 Å². The predicted molar refractivity (Wildman–Crippen MR) is 74.1 cm³/mol. The zero-order chi connectivity index (χ0) is 14.5. The Morgan fingerprint density at radius 2 is 2.00 bits per heavy atom. The van der Waals surface area contributed by atoms with Gasteiger partial charge in [-0.25, -0.2) is 9.48 Å². The number of rotatable bonds is 6. The Hall–Kier alpha value is -2.21. The van der Waals surface area contributed by atoms with Gasteiger partial charge in [0, 0.05) is 25.6 Å². The fraction of sp³-hybridized carbons (Fsp3) is 0.357. The molecule has 2 aromatic rings. The molecule has 0 aliphatic heterocycles. The van der Waals surface area contributed by atoms with Gasteiger partial charge in [-0.2, -0.15) is 5.10 Å². The summed E-state index contributed by atoms with van der Waals surface area (Å²) in [4.78, 5) is 23.5. The Morgan fingerprint density at radius 3 is 2.65 bits per heavy atom. The van der Waals surface area contributed by atoms with Gasteiger partial charge in [-0.3, -0.25) is 4.79 Å². The quantitative estimate of drug-likeness (QED) is 0.809. The summed E-state index contributed by atoms with van der Waals surface area (Å²) >= 11 is 0. The van der Waals surface area contributed by atoms with E-state index in [2.05, 4.69) is 5.10 Å². The molecule has 106 valence electrons. The molecule has 2 rings (SSSR count). The van der Waals surface area contributed by atoms with Crippen LogP contribution in [-0.2, 0) is 11.3 Å². The van der Waals surface area contributed by atoms with E-state index in [1.807, 2.05) is 0 Å². The molecule has 0 aliphatic rings. The second kappa shape index (κ2) is 6.29. The number of aromatic carboxylic acids is 1. The molecule has 1 aromatic heterocycles. The zero-order valence-electron chi connectivity index (χ0n) is 11.2. The zero-order valence-corrected chi connectivity index (χ0v) is 11.2. The first-order chi connectivity index (χ1) is 9.65. The van der Waals surface area contributed by atoms with Crippen LogP contribution in [0.3, 0.4) is 0 Å². The number of unbranched alkanes of at least 4 members (excludes halogenated alkanes) is 1. The normalized spacial score (nSPS) is 10.8. The van der Waals surface area contributed by atoms with E-state index in [1.165, 1.54) is 4.68 Å². The molecule has 20 heavy (non-hydrogen) atoms. The molecule has 0 unspecified atom stereocenters. The summed E-state index contributed by atoms with van der Waals surface area (Å²) in [5, 5.41) is 13.9. The maximum Gasteiger partial charge on any atom is 0.357 e. The largest absolute Gasteiger partial charge is 0.476 e. The molecule has 6 nitrogen and oxygen atoms in total. The lowest BCUT2D eigenvalue weighted by Crippen LogP contribution is -2.26. The minimum absolute atomic E-state index is 0.0908. The number of hydrogen-bond donors (Lipinski definition) is 1. The molecule has 1 heterocycles. The van der Waals surface area contributed by atoms with Gasteiger partial charge in [0.15, 0.2) is 5.69 Å². The topological polar surface area (TPSA) is 81.4 Å². The van der Waals surface area contributed by atoms with Crippen LogP contribution in [0.15, 0.2) is 29.1 Å². The Balaban J connectivity index is 2.42. The third-order valence-corrected chi connectivity index (χ3v) is 3.04. The maximum absolute atomic E-state index is 12.2. The lowest BCUT2D eigenvalue weighted by molar-refractivity contribution is 0.0690. The maximum atomic E-state index is 12.2. The molecular weight excluding hydrogens is 260 g/mol. The highest BCUT2D eigenvalue weighted by molar-refractivity contribution is 6.01. The van der Waals surface area contributed by atoms with Crippen molar-refractivity contribution in [1.82, 2.24) is 9.78 Å². The van der Waals surface area contributed by atoms with Crippen molar-refractivity contribution in [2.24, 2.45) is 0 Å². The molecule has 0 atom stereocenters. The fourth-order valence-electron chi connectivity index (χ4n) is 2.05. The number of fused-ring (bicyclic) bond motifs is 1. The highest BCUT2D eigenvalue weighted by atomic mass is 16.5. The number of aromatic nitrogens is 2. The summed E-state index contributed by atoms with van der Waals surface area (Å²) in [6, 6.07) is 6.63. The van der Waals surface area contributed by atoms with Crippen LogP contribution in [0, 0.1) is 0 Å². The number of hydrogen-bond acceptors (Lipinski definition) is 4. The van der Waals surface area contributed by atoms with E-state index in [0.717, 1.165) is 6.42 Å². The number of aryl methyl sites for hydroxylation is 1. The molecule has 0 spiro atoms. The lowest BCUT2D eigenvalue weighted by Gasteiger charge is -2.08. The minimum atomic E-state index is -1.13. The molecular formula is C14H16N2O4. The summed E-state index contributed by atoms with van der Waals surface area (Å²) in [5.74, 6) is -1.13.